The van der Waals surface area contributed by atoms with E-state index in [0.717, 1.165) is 31.6 Å². The number of carbonyl (C=O) groups excluding carboxylic acids is 1. The summed E-state index contributed by atoms with van der Waals surface area (Å²) in [5.74, 6) is 5.67. The molecule has 3 N–H and O–H groups in total. The minimum atomic E-state index is -0.0501. The molecule has 114 valence electrons. The van der Waals surface area contributed by atoms with Crippen LogP contribution in [0.1, 0.15) is 36.2 Å². The smallest absolute Gasteiger partial charge is 0.251 e. The van der Waals surface area contributed by atoms with Crippen molar-refractivity contribution in [3.8, 4) is 11.8 Å². The third-order valence-corrected chi connectivity index (χ3v) is 3.29. The van der Waals surface area contributed by atoms with E-state index in [1.54, 1.807) is 12.1 Å². The molecule has 0 saturated carbocycles. The third-order valence-electron chi connectivity index (χ3n) is 3.29. The van der Waals surface area contributed by atoms with Gasteiger partial charge in [0.1, 0.15) is 0 Å². The van der Waals surface area contributed by atoms with Crippen molar-refractivity contribution in [2.75, 3.05) is 32.7 Å². The Hall–Kier alpha value is -1.83. The first-order valence-corrected chi connectivity index (χ1v) is 7.50. The van der Waals surface area contributed by atoms with Gasteiger partial charge < -0.3 is 16.0 Å². The second-order valence-corrected chi connectivity index (χ2v) is 4.72. The summed E-state index contributed by atoms with van der Waals surface area (Å²) in [5, 5.41) is 2.95. The topological polar surface area (TPSA) is 58.4 Å². The van der Waals surface area contributed by atoms with Gasteiger partial charge in [-0.1, -0.05) is 31.8 Å². The summed E-state index contributed by atoms with van der Waals surface area (Å²) in [4.78, 5) is 14.4. The molecule has 0 aliphatic rings. The molecule has 0 fully saturated rings. The summed E-state index contributed by atoms with van der Waals surface area (Å²) in [6.45, 7) is 8.41. The summed E-state index contributed by atoms with van der Waals surface area (Å²) >= 11 is 0. The van der Waals surface area contributed by atoms with Crippen LogP contribution < -0.4 is 11.1 Å². The maximum absolute atomic E-state index is 12.1. The average molecular weight is 287 g/mol. The van der Waals surface area contributed by atoms with E-state index < -0.39 is 0 Å². The molecule has 0 unspecified atom stereocenters. The van der Waals surface area contributed by atoms with Crippen LogP contribution >= 0.6 is 0 Å². The van der Waals surface area contributed by atoms with Crippen LogP contribution in [-0.2, 0) is 0 Å². The molecular formula is C17H25N3O. The number of nitrogens with two attached hydrogens (primary N) is 1. The molecular weight excluding hydrogens is 262 g/mol. The normalized spacial score (nSPS) is 10.1. The lowest BCUT2D eigenvalue weighted by Gasteiger charge is -2.17. The molecule has 0 atom stereocenters. The molecule has 0 bridgehead atoms. The zero-order valence-corrected chi connectivity index (χ0v) is 13.0. The van der Waals surface area contributed by atoms with Gasteiger partial charge >= 0.3 is 0 Å². The highest BCUT2D eigenvalue weighted by Gasteiger charge is 2.05. The largest absolute Gasteiger partial charge is 0.352 e. The molecule has 0 aromatic heterocycles. The van der Waals surface area contributed by atoms with Gasteiger partial charge in [-0.05, 0) is 44.3 Å². The monoisotopic (exact) mass is 287 g/mol. The van der Waals surface area contributed by atoms with Crippen molar-refractivity contribution in [3.63, 3.8) is 0 Å². The Morgan fingerprint density at radius 2 is 2.10 bits per heavy atom. The number of hydrogen-bond acceptors (Lipinski definition) is 3. The number of rotatable bonds is 7. The van der Waals surface area contributed by atoms with Crippen LogP contribution in [0.2, 0.25) is 0 Å². The van der Waals surface area contributed by atoms with E-state index >= 15 is 0 Å². The fraction of sp³-hybridized carbons (Fsp3) is 0.471. The van der Waals surface area contributed by atoms with Gasteiger partial charge in [0.05, 0.1) is 6.54 Å². The van der Waals surface area contributed by atoms with E-state index in [-0.39, 0.29) is 5.91 Å². The molecule has 1 aromatic rings. The first-order valence-electron chi connectivity index (χ1n) is 7.50. The predicted molar refractivity (Wildman–Crippen MR) is 87.1 cm³/mol. The van der Waals surface area contributed by atoms with Gasteiger partial charge in [-0.3, -0.25) is 4.79 Å². The lowest BCUT2D eigenvalue weighted by molar-refractivity contribution is 0.0952. The second kappa shape index (κ2) is 9.98. The number of nitrogens with one attached hydrogen (secondary N) is 1. The summed E-state index contributed by atoms with van der Waals surface area (Å²) in [6.07, 6.45) is 0.958. The highest BCUT2D eigenvalue weighted by Crippen LogP contribution is 2.04. The SMILES string of the molecule is CCN(CC)CCCNC(=O)c1cccc(C#CCN)c1. The lowest BCUT2D eigenvalue weighted by atomic mass is 10.1. The van der Waals surface area contributed by atoms with Crippen molar-refractivity contribution in [1.82, 2.24) is 10.2 Å². The molecule has 0 saturated heterocycles. The van der Waals surface area contributed by atoms with E-state index in [4.69, 9.17) is 5.73 Å². The van der Waals surface area contributed by atoms with E-state index in [1.165, 1.54) is 0 Å². The Bertz CT molecular complexity index is 498. The summed E-state index contributed by atoms with van der Waals surface area (Å²) in [7, 11) is 0. The van der Waals surface area contributed by atoms with E-state index in [0.29, 0.717) is 18.7 Å². The predicted octanol–water partition coefficient (Wildman–Crippen LogP) is 1.46. The van der Waals surface area contributed by atoms with Gasteiger partial charge in [-0.2, -0.15) is 0 Å². The minimum absolute atomic E-state index is 0.0501. The lowest BCUT2D eigenvalue weighted by Crippen LogP contribution is -2.29. The van der Waals surface area contributed by atoms with Crippen molar-refractivity contribution >= 4 is 5.91 Å². The van der Waals surface area contributed by atoms with Crippen molar-refractivity contribution in [3.05, 3.63) is 35.4 Å². The highest BCUT2D eigenvalue weighted by molar-refractivity contribution is 5.94. The van der Waals surface area contributed by atoms with Crippen LogP contribution in [0.5, 0.6) is 0 Å². The van der Waals surface area contributed by atoms with Crippen molar-refractivity contribution < 1.29 is 4.79 Å². The minimum Gasteiger partial charge on any atom is -0.352 e. The van der Waals surface area contributed by atoms with Crippen LogP contribution in [0.15, 0.2) is 24.3 Å². The maximum Gasteiger partial charge on any atom is 0.251 e. The zero-order valence-electron chi connectivity index (χ0n) is 13.0. The quantitative estimate of drug-likeness (QED) is 0.589. The fourth-order valence-corrected chi connectivity index (χ4v) is 2.04. The van der Waals surface area contributed by atoms with E-state index in [9.17, 15) is 4.79 Å². The number of benzene rings is 1. The molecule has 0 radical (unpaired) electrons. The van der Waals surface area contributed by atoms with Crippen molar-refractivity contribution in [1.29, 1.82) is 0 Å². The zero-order chi connectivity index (χ0) is 15.5. The molecule has 0 heterocycles. The van der Waals surface area contributed by atoms with Gasteiger partial charge in [0.2, 0.25) is 0 Å². The first kappa shape index (κ1) is 17.2. The number of amides is 1. The average Bonchev–Trinajstić information content (AvgIpc) is 2.53. The number of nitrogens with zero attached hydrogens (tertiary/aromatic N) is 1. The summed E-state index contributed by atoms with van der Waals surface area (Å²) in [5.41, 5.74) is 6.80. The van der Waals surface area contributed by atoms with Gasteiger partial charge in [-0.25, -0.2) is 0 Å². The molecule has 1 amide bonds. The van der Waals surface area contributed by atoms with Crippen LogP contribution in [0, 0.1) is 11.8 Å². The van der Waals surface area contributed by atoms with Gasteiger partial charge in [-0.15, -0.1) is 0 Å². The molecule has 21 heavy (non-hydrogen) atoms. The van der Waals surface area contributed by atoms with Crippen LogP contribution in [0.4, 0.5) is 0 Å². The Labute approximate surface area is 127 Å². The third kappa shape index (κ3) is 6.44. The number of hydrogen-bond donors (Lipinski definition) is 2. The molecule has 4 heteroatoms. The van der Waals surface area contributed by atoms with Crippen LogP contribution in [0.25, 0.3) is 0 Å². The van der Waals surface area contributed by atoms with Crippen LogP contribution in [-0.4, -0.2) is 43.5 Å². The van der Waals surface area contributed by atoms with Crippen molar-refractivity contribution in [2.45, 2.75) is 20.3 Å². The summed E-state index contributed by atoms with van der Waals surface area (Å²) < 4.78 is 0. The first-order chi connectivity index (χ1) is 10.2. The Morgan fingerprint density at radius 1 is 1.33 bits per heavy atom. The molecule has 0 aliphatic heterocycles. The van der Waals surface area contributed by atoms with Gasteiger partial charge in [0, 0.05) is 17.7 Å². The maximum atomic E-state index is 12.1. The molecule has 1 rings (SSSR count). The molecule has 0 spiro atoms. The summed E-state index contributed by atoms with van der Waals surface area (Å²) in [6, 6.07) is 7.31. The van der Waals surface area contributed by atoms with E-state index in [2.05, 4.69) is 35.9 Å². The molecule has 0 aliphatic carbocycles. The molecule has 1 aromatic carbocycles. The Balaban J connectivity index is 2.45. The Morgan fingerprint density at radius 3 is 2.76 bits per heavy atom. The van der Waals surface area contributed by atoms with Gasteiger partial charge in [0.15, 0.2) is 0 Å². The van der Waals surface area contributed by atoms with Crippen LogP contribution in [0.3, 0.4) is 0 Å². The van der Waals surface area contributed by atoms with Gasteiger partial charge in [0.25, 0.3) is 5.91 Å². The van der Waals surface area contributed by atoms with E-state index in [1.807, 2.05) is 12.1 Å². The Kier molecular flexibility index (Phi) is 8.18. The molecule has 4 nitrogen and oxygen atoms in total. The second-order valence-electron chi connectivity index (χ2n) is 4.72. The fourth-order valence-electron chi connectivity index (χ4n) is 2.04. The number of carbonyl (C=O) groups is 1. The van der Waals surface area contributed by atoms with Crippen molar-refractivity contribution in [2.24, 2.45) is 5.73 Å². The highest BCUT2D eigenvalue weighted by atomic mass is 16.1. The standard InChI is InChI=1S/C17H25N3O/c1-3-20(4-2)13-7-12-19-17(21)16-10-5-8-15(14-16)9-6-11-18/h5,8,10,14H,3-4,7,11-13,18H2,1-2H3,(H,19,21).